The molecule has 8 nitrogen and oxygen atoms in total. The van der Waals surface area contributed by atoms with Gasteiger partial charge in [-0.3, -0.25) is 4.68 Å². The largest absolute Gasteiger partial charge is 0.504 e. The lowest BCUT2D eigenvalue weighted by Crippen LogP contribution is -2.36. The quantitative estimate of drug-likeness (QED) is 0.812. The molecule has 0 aliphatic carbocycles. The number of amides is 1. The number of hydrogen-bond donors (Lipinski definition) is 2. The highest BCUT2D eigenvalue weighted by atomic mass is 16.6. The number of carboxylic acid groups (broad SMARTS) is 1. The van der Waals surface area contributed by atoms with E-state index in [-0.39, 0.29) is 6.54 Å². The maximum atomic E-state index is 12.1. The van der Waals surface area contributed by atoms with Crippen molar-refractivity contribution in [3.05, 3.63) is 11.4 Å². The lowest BCUT2D eigenvalue weighted by Gasteiger charge is -2.26. The molecule has 2 rings (SSSR count). The lowest BCUT2D eigenvalue weighted by molar-refractivity contribution is 0.0236. The number of aromatic carboxylic acids is 1. The zero-order valence-corrected chi connectivity index (χ0v) is 12.3. The van der Waals surface area contributed by atoms with Crippen LogP contribution in [0.1, 0.15) is 43.4 Å². The summed E-state index contributed by atoms with van der Waals surface area (Å²) >= 11 is 0. The van der Waals surface area contributed by atoms with Crippen molar-refractivity contribution in [3.63, 3.8) is 0 Å². The molecule has 0 radical (unpaired) electrons. The van der Waals surface area contributed by atoms with Gasteiger partial charge in [-0.05, 0) is 27.2 Å². The lowest BCUT2D eigenvalue weighted by atomic mass is 10.2. The van der Waals surface area contributed by atoms with E-state index in [0.717, 1.165) is 0 Å². The van der Waals surface area contributed by atoms with E-state index in [2.05, 4.69) is 5.10 Å². The average Bonchev–Trinajstić information content (AvgIpc) is 2.55. The van der Waals surface area contributed by atoms with E-state index >= 15 is 0 Å². The number of fused-ring (bicyclic) bond motifs is 1. The van der Waals surface area contributed by atoms with Gasteiger partial charge in [0, 0.05) is 13.1 Å². The van der Waals surface area contributed by atoms with E-state index in [0.29, 0.717) is 25.2 Å². The molecule has 116 valence electrons. The Labute approximate surface area is 121 Å². The summed E-state index contributed by atoms with van der Waals surface area (Å²) in [5.41, 5.74) is -0.690. The van der Waals surface area contributed by atoms with E-state index in [4.69, 9.17) is 9.84 Å². The van der Waals surface area contributed by atoms with Crippen LogP contribution in [0, 0.1) is 0 Å². The summed E-state index contributed by atoms with van der Waals surface area (Å²) in [7, 11) is 0. The smallest absolute Gasteiger partial charge is 0.410 e. The maximum absolute atomic E-state index is 12.1. The van der Waals surface area contributed by atoms with E-state index in [1.165, 1.54) is 9.58 Å². The highest BCUT2D eigenvalue weighted by Crippen LogP contribution is 2.26. The summed E-state index contributed by atoms with van der Waals surface area (Å²) in [6.07, 6.45) is 0.111. The zero-order chi connectivity index (χ0) is 15.8. The number of rotatable bonds is 1. The first-order valence-corrected chi connectivity index (χ1v) is 6.69. The van der Waals surface area contributed by atoms with Gasteiger partial charge in [0.05, 0.1) is 6.54 Å². The number of hydrogen-bond acceptors (Lipinski definition) is 5. The van der Waals surface area contributed by atoms with Crippen molar-refractivity contribution in [2.75, 3.05) is 6.54 Å². The second-order valence-electron chi connectivity index (χ2n) is 5.93. The average molecular weight is 297 g/mol. The first-order chi connectivity index (χ1) is 9.69. The Morgan fingerprint density at radius 1 is 1.29 bits per heavy atom. The topological polar surface area (TPSA) is 105 Å². The van der Waals surface area contributed by atoms with Gasteiger partial charge < -0.3 is 19.8 Å². The van der Waals surface area contributed by atoms with Crippen molar-refractivity contribution in [1.29, 1.82) is 0 Å². The number of carbonyl (C=O) groups excluding carboxylic acids is 1. The molecule has 8 heteroatoms. The molecular formula is C13H19N3O5. The van der Waals surface area contributed by atoms with Crippen LogP contribution in [-0.4, -0.2) is 49.1 Å². The fourth-order valence-electron chi connectivity index (χ4n) is 2.13. The second kappa shape index (κ2) is 5.27. The molecule has 0 bridgehead atoms. The van der Waals surface area contributed by atoms with Crippen LogP contribution < -0.4 is 0 Å². The van der Waals surface area contributed by atoms with Crippen LogP contribution in [0.5, 0.6) is 5.75 Å². The fourth-order valence-corrected chi connectivity index (χ4v) is 2.13. The third-order valence-corrected chi connectivity index (χ3v) is 3.02. The molecular weight excluding hydrogens is 278 g/mol. The summed E-state index contributed by atoms with van der Waals surface area (Å²) in [4.78, 5) is 24.5. The van der Waals surface area contributed by atoms with Crippen LogP contribution in [-0.2, 0) is 17.8 Å². The molecule has 1 aromatic rings. The van der Waals surface area contributed by atoms with Gasteiger partial charge in [0.1, 0.15) is 11.3 Å². The van der Waals surface area contributed by atoms with Gasteiger partial charge in [0.2, 0.25) is 5.69 Å². The fraction of sp³-hybridized carbons (Fsp3) is 0.615. The molecule has 0 atom stereocenters. The van der Waals surface area contributed by atoms with Gasteiger partial charge in [-0.15, -0.1) is 0 Å². The molecule has 0 saturated heterocycles. The minimum absolute atomic E-state index is 0.0705. The van der Waals surface area contributed by atoms with Crippen LogP contribution in [0.3, 0.4) is 0 Å². The molecule has 2 heterocycles. The minimum atomic E-state index is -1.29. The third kappa shape index (κ3) is 3.26. The van der Waals surface area contributed by atoms with Gasteiger partial charge in [-0.2, -0.15) is 5.10 Å². The highest BCUT2D eigenvalue weighted by molar-refractivity contribution is 5.88. The number of ether oxygens (including phenoxy) is 1. The Hall–Kier alpha value is -2.25. The molecule has 21 heavy (non-hydrogen) atoms. The molecule has 1 aliphatic rings. The normalized spacial score (nSPS) is 15.3. The van der Waals surface area contributed by atoms with Crippen molar-refractivity contribution in [2.24, 2.45) is 0 Å². The molecule has 2 N–H and O–H groups in total. The summed E-state index contributed by atoms with van der Waals surface area (Å²) < 4.78 is 6.73. The van der Waals surface area contributed by atoms with Crippen LogP contribution in [0.4, 0.5) is 4.79 Å². The number of nitrogens with zero attached hydrogens (tertiary/aromatic N) is 3. The van der Waals surface area contributed by atoms with Gasteiger partial charge in [-0.25, -0.2) is 9.59 Å². The summed E-state index contributed by atoms with van der Waals surface area (Å²) in [5.74, 6) is -1.69. The molecule has 0 spiro atoms. The van der Waals surface area contributed by atoms with Crippen molar-refractivity contribution >= 4 is 12.1 Å². The Morgan fingerprint density at radius 3 is 2.52 bits per heavy atom. The van der Waals surface area contributed by atoms with E-state index in [1.54, 1.807) is 20.8 Å². The standard InChI is InChI=1S/C13H19N3O5/c1-13(2,3)21-12(20)15-5-4-6-16-8(7-15)10(17)9(14-16)11(18)19/h17H,4-7H2,1-3H3,(H,18,19). The number of aromatic hydroxyl groups is 1. The van der Waals surface area contributed by atoms with E-state index in [1.807, 2.05) is 0 Å². The van der Waals surface area contributed by atoms with Crippen LogP contribution >= 0.6 is 0 Å². The molecule has 1 aliphatic heterocycles. The number of aromatic nitrogens is 2. The molecule has 1 aromatic heterocycles. The van der Waals surface area contributed by atoms with Crippen LogP contribution in [0.15, 0.2) is 0 Å². The van der Waals surface area contributed by atoms with Gasteiger partial charge >= 0.3 is 12.1 Å². The van der Waals surface area contributed by atoms with Crippen molar-refractivity contribution in [2.45, 2.75) is 45.9 Å². The maximum Gasteiger partial charge on any atom is 0.410 e. The van der Waals surface area contributed by atoms with E-state index < -0.39 is 29.1 Å². The summed E-state index contributed by atoms with van der Waals surface area (Å²) in [5, 5.41) is 22.8. The second-order valence-corrected chi connectivity index (χ2v) is 5.93. The molecule has 0 fully saturated rings. The van der Waals surface area contributed by atoms with Gasteiger partial charge in [0.25, 0.3) is 0 Å². The Morgan fingerprint density at radius 2 is 1.95 bits per heavy atom. The highest BCUT2D eigenvalue weighted by Gasteiger charge is 2.29. The van der Waals surface area contributed by atoms with Gasteiger partial charge in [0.15, 0.2) is 5.75 Å². The molecule has 0 unspecified atom stereocenters. The Balaban J connectivity index is 2.24. The SMILES string of the molecule is CC(C)(C)OC(=O)N1CCCn2nc(C(=O)O)c(O)c2C1. The third-order valence-electron chi connectivity index (χ3n) is 3.02. The van der Waals surface area contributed by atoms with Crippen molar-refractivity contribution < 1.29 is 24.5 Å². The summed E-state index contributed by atoms with van der Waals surface area (Å²) in [6, 6.07) is 0. The van der Waals surface area contributed by atoms with E-state index in [9.17, 15) is 14.7 Å². The van der Waals surface area contributed by atoms with Crippen LogP contribution in [0.25, 0.3) is 0 Å². The Kier molecular flexibility index (Phi) is 3.80. The first kappa shape index (κ1) is 15.1. The van der Waals surface area contributed by atoms with Crippen LogP contribution in [0.2, 0.25) is 0 Å². The number of aryl methyl sites for hydroxylation is 1. The predicted molar refractivity (Wildman–Crippen MR) is 72.1 cm³/mol. The summed E-state index contributed by atoms with van der Waals surface area (Å²) in [6.45, 7) is 6.28. The zero-order valence-electron chi connectivity index (χ0n) is 12.3. The van der Waals surface area contributed by atoms with Crippen molar-refractivity contribution in [3.8, 4) is 5.75 Å². The van der Waals surface area contributed by atoms with Crippen molar-refractivity contribution in [1.82, 2.24) is 14.7 Å². The first-order valence-electron chi connectivity index (χ1n) is 6.69. The Bertz CT molecular complexity index is 573. The minimum Gasteiger partial charge on any atom is -0.504 e. The monoisotopic (exact) mass is 297 g/mol. The molecule has 1 amide bonds. The number of carbonyl (C=O) groups is 2. The number of carboxylic acids is 1. The molecule has 0 aromatic carbocycles. The molecule has 0 saturated carbocycles. The predicted octanol–water partition coefficient (Wildman–Crippen LogP) is 1.43. The van der Waals surface area contributed by atoms with Gasteiger partial charge in [-0.1, -0.05) is 0 Å².